The number of allylic oxidation sites excluding steroid dienone is 4. The SMILES string of the molecule is C=C/C=C/C(C)C(=C)C. The Hall–Kier alpha value is -0.780. The molecule has 0 rings (SSSR count). The van der Waals surface area contributed by atoms with Crippen LogP contribution in [-0.4, -0.2) is 0 Å². The number of rotatable bonds is 3. The van der Waals surface area contributed by atoms with Gasteiger partial charge in [-0.3, -0.25) is 0 Å². The van der Waals surface area contributed by atoms with Gasteiger partial charge in [0.25, 0.3) is 0 Å². The molecular formula is C9H14. The van der Waals surface area contributed by atoms with E-state index in [1.165, 1.54) is 5.57 Å². The molecule has 0 saturated carbocycles. The monoisotopic (exact) mass is 122 g/mol. The lowest BCUT2D eigenvalue weighted by Gasteiger charge is -2.01. The third kappa shape index (κ3) is 3.77. The Morgan fingerprint density at radius 2 is 2.11 bits per heavy atom. The second-order valence-electron chi connectivity index (χ2n) is 2.26. The quantitative estimate of drug-likeness (QED) is 0.399. The molecule has 0 amide bonds. The van der Waals surface area contributed by atoms with Gasteiger partial charge in [-0.2, -0.15) is 0 Å². The van der Waals surface area contributed by atoms with Crippen molar-refractivity contribution in [3.05, 3.63) is 37.0 Å². The minimum Gasteiger partial charge on any atom is -0.0996 e. The summed E-state index contributed by atoms with van der Waals surface area (Å²) in [6, 6.07) is 0. The van der Waals surface area contributed by atoms with Gasteiger partial charge in [0.1, 0.15) is 0 Å². The third-order valence-corrected chi connectivity index (χ3v) is 1.31. The molecule has 0 heterocycles. The predicted octanol–water partition coefficient (Wildman–Crippen LogP) is 2.94. The van der Waals surface area contributed by atoms with Crippen LogP contribution in [0.1, 0.15) is 13.8 Å². The normalized spacial score (nSPS) is 13.6. The van der Waals surface area contributed by atoms with Crippen molar-refractivity contribution in [2.45, 2.75) is 13.8 Å². The van der Waals surface area contributed by atoms with Crippen molar-refractivity contribution >= 4 is 0 Å². The fraction of sp³-hybridized carbons (Fsp3) is 0.333. The van der Waals surface area contributed by atoms with Crippen molar-refractivity contribution < 1.29 is 0 Å². The first-order valence-electron chi connectivity index (χ1n) is 3.13. The minimum absolute atomic E-state index is 0.475. The van der Waals surface area contributed by atoms with E-state index < -0.39 is 0 Å². The molecule has 0 saturated heterocycles. The van der Waals surface area contributed by atoms with Crippen LogP contribution in [0, 0.1) is 5.92 Å². The number of hydrogen-bond donors (Lipinski definition) is 0. The zero-order chi connectivity index (χ0) is 7.28. The van der Waals surface area contributed by atoms with Gasteiger partial charge in [0.2, 0.25) is 0 Å². The maximum absolute atomic E-state index is 3.82. The van der Waals surface area contributed by atoms with E-state index in [1.54, 1.807) is 6.08 Å². The average Bonchev–Trinajstić information content (AvgIpc) is 1.82. The van der Waals surface area contributed by atoms with E-state index in [0.717, 1.165) is 0 Å². The van der Waals surface area contributed by atoms with Gasteiger partial charge in [0.05, 0.1) is 0 Å². The van der Waals surface area contributed by atoms with Gasteiger partial charge in [-0.05, 0) is 12.8 Å². The highest BCUT2D eigenvalue weighted by Crippen LogP contribution is 2.07. The molecule has 0 fully saturated rings. The molecule has 1 unspecified atom stereocenters. The molecule has 0 aromatic carbocycles. The molecule has 0 aliphatic rings. The topological polar surface area (TPSA) is 0 Å². The van der Waals surface area contributed by atoms with Gasteiger partial charge in [-0.1, -0.05) is 43.9 Å². The van der Waals surface area contributed by atoms with Crippen LogP contribution in [0.5, 0.6) is 0 Å². The zero-order valence-corrected chi connectivity index (χ0v) is 6.22. The predicted molar refractivity (Wildman–Crippen MR) is 43.3 cm³/mol. The van der Waals surface area contributed by atoms with E-state index in [9.17, 15) is 0 Å². The largest absolute Gasteiger partial charge is 0.0996 e. The Morgan fingerprint density at radius 1 is 1.56 bits per heavy atom. The molecule has 0 heteroatoms. The standard InChI is InChI=1S/C9H14/c1-5-6-7-9(4)8(2)3/h5-7,9H,1-2H2,3-4H3/b7-6+. The molecule has 0 nitrogen and oxygen atoms in total. The van der Waals surface area contributed by atoms with Crippen LogP contribution in [0.3, 0.4) is 0 Å². The third-order valence-electron chi connectivity index (χ3n) is 1.31. The van der Waals surface area contributed by atoms with Crippen LogP contribution in [0.4, 0.5) is 0 Å². The summed E-state index contributed by atoms with van der Waals surface area (Å²) in [7, 11) is 0. The van der Waals surface area contributed by atoms with E-state index in [0.29, 0.717) is 5.92 Å². The molecule has 0 aromatic heterocycles. The maximum Gasteiger partial charge on any atom is -0.00540 e. The fourth-order valence-corrected chi connectivity index (χ4v) is 0.410. The summed E-state index contributed by atoms with van der Waals surface area (Å²) in [6.45, 7) is 11.5. The summed E-state index contributed by atoms with van der Waals surface area (Å²) in [5.41, 5.74) is 1.19. The van der Waals surface area contributed by atoms with Crippen molar-refractivity contribution in [3.63, 3.8) is 0 Å². The van der Waals surface area contributed by atoms with Crippen molar-refractivity contribution in [2.24, 2.45) is 5.92 Å². The van der Waals surface area contributed by atoms with E-state index in [2.05, 4.69) is 26.2 Å². The second-order valence-corrected chi connectivity index (χ2v) is 2.26. The summed E-state index contributed by atoms with van der Waals surface area (Å²) in [5.74, 6) is 0.475. The first-order valence-corrected chi connectivity index (χ1v) is 3.13. The molecule has 0 aliphatic heterocycles. The second kappa shape index (κ2) is 4.13. The van der Waals surface area contributed by atoms with Crippen LogP contribution in [0.2, 0.25) is 0 Å². The highest BCUT2D eigenvalue weighted by molar-refractivity contribution is 5.08. The van der Waals surface area contributed by atoms with Gasteiger partial charge < -0.3 is 0 Å². The summed E-state index contributed by atoms with van der Waals surface area (Å²) in [5, 5.41) is 0. The lowest BCUT2D eigenvalue weighted by atomic mass is 10.0. The van der Waals surface area contributed by atoms with Crippen molar-refractivity contribution in [2.75, 3.05) is 0 Å². The first kappa shape index (κ1) is 8.22. The molecule has 1 atom stereocenters. The lowest BCUT2D eigenvalue weighted by Crippen LogP contribution is -1.87. The summed E-state index contributed by atoms with van der Waals surface area (Å²) < 4.78 is 0. The van der Waals surface area contributed by atoms with Crippen LogP contribution in [0.15, 0.2) is 37.0 Å². The maximum atomic E-state index is 3.82. The van der Waals surface area contributed by atoms with Gasteiger partial charge in [-0.25, -0.2) is 0 Å². The van der Waals surface area contributed by atoms with E-state index in [-0.39, 0.29) is 0 Å². The van der Waals surface area contributed by atoms with Crippen LogP contribution in [-0.2, 0) is 0 Å². The molecule has 0 aliphatic carbocycles. The van der Waals surface area contributed by atoms with Gasteiger partial charge >= 0.3 is 0 Å². The molecule has 0 N–H and O–H groups in total. The summed E-state index contributed by atoms with van der Waals surface area (Å²) in [6.07, 6.45) is 5.80. The zero-order valence-electron chi connectivity index (χ0n) is 6.22. The van der Waals surface area contributed by atoms with Crippen molar-refractivity contribution in [1.29, 1.82) is 0 Å². The highest BCUT2D eigenvalue weighted by Gasteiger charge is 1.92. The Labute approximate surface area is 57.6 Å². The van der Waals surface area contributed by atoms with E-state index in [4.69, 9.17) is 0 Å². The molecular weight excluding hydrogens is 108 g/mol. The Bertz CT molecular complexity index is 129. The lowest BCUT2D eigenvalue weighted by molar-refractivity contribution is 0.868. The molecule has 50 valence electrons. The van der Waals surface area contributed by atoms with Crippen LogP contribution >= 0.6 is 0 Å². The van der Waals surface area contributed by atoms with E-state index >= 15 is 0 Å². The van der Waals surface area contributed by atoms with Gasteiger partial charge in [0, 0.05) is 0 Å². The average molecular weight is 122 g/mol. The van der Waals surface area contributed by atoms with Crippen molar-refractivity contribution in [1.82, 2.24) is 0 Å². The molecule has 0 radical (unpaired) electrons. The molecule has 0 aromatic rings. The van der Waals surface area contributed by atoms with Crippen LogP contribution < -0.4 is 0 Å². The van der Waals surface area contributed by atoms with Gasteiger partial charge in [0.15, 0.2) is 0 Å². The molecule has 0 spiro atoms. The first-order chi connectivity index (χ1) is 4.18. The number of hydrogen-bond acceptors (Lipinski definition) is 0. The van der Waals surface area contributed by atoms with Crippen molar-refractivity contribution in [3.8, 4) is 0 Å². The van der Waals surface area contributed by atoms with Crippen LogP contribution in [0.25, 0.3) is 0 Å². The Morgan fingerprint density at radius 3 is 2.44 bits per heavy atom. The summed E-state index contributed by atoms with van der Waals surface area (Å²) in [4.78, 5) is 0. The Balaban J connectivity index is 3.75. The smallest absolute Gasteiger partial charge is 0.00540 e. The summed E-state index contributed by atoms with van der Waals surface area (Å²) >= 11 is 0. The molecule has 9 heavy (non-hydrogen) atoms. The highest BCUT2D eigenvalue weighted by atomic mass is 14.0. The van der Waals surface area contributed by atoms with Gasteiger partial charge in [-0.15, -0.1) is 0 Å². The van der Waals surface area contributed by atoms with E-state index in [1.807, 2.05) is 13.0 Å². The fourth-order valence-electron chi connectivity index (χ4n) is 0.410. The Kier molecular flexibility index (Phi) is 3.78. The molecule has 0 bridgehead atoms. The minimum atomic E-state index is 0.475.